The molecule has 0 radical (unpaired) electrons. The van der Waals surface area contributed by atoms with Crippen LogP contribution >= 0.6 is 0 Å². The number of ketones is 1. The van der Waals surface area contributed by atoms with Crippen molar-refractivity contribution in [3.05, 3.63) is 24.3 Å². The second kappa shape index (κ2) is 3.87. The van der Waals surface area contributed by atoms with Crippen molar-refractivity contribution in [1.29, 1.82) is 0 Å². The molecule has 0 aromatic heterocycles. The Labute approximate surface area is 98.6 Å². The summed E-state index contributed by atoms with van der Waals surface area (Å²) < 4.78 is 0. The predicted molar refractivity (Wildman–Crippen MR) is 67.1 cm³/mol. The molecule has 2 saturated carbocycles. The lowest BCUT2D eigenvalue weighted by Crippen LogP contribution is -2.34. The second-order valence-electron chi connectivity index (χ2n) is 5.73. The SMILES string of the molecule is C=C(C)[C@H]1CCC(=C)[C@]2(CCC(=O)[C@@H]2C)C1. The van der Waals surface area contributed by atoms with E-state index in [0.717, 1.165) is 25.7 Å². The van der Waals surface area contributed by atoms with Crippen molar-refractivity contribution >= 4 is 5.78 Å². The molecule has 88 valence electrons. The van der Waals surface area contributed by atoms with Gasteiger partial charge in [0.2, 0.25) is 0 Å². The molecular weight excluding hydrogens is 196 g/mol. The van der Waals surface area contributed by atoms with Crippen molar-refractivity contribution in [3.63, 3.8) is 0 Å². The van der Waals surface area contributed by atoms with E-state index in [1.807, 2.05) is 0 Å². The van der Waals surface area contributed by atoms with Gasteiger partial charge in [-0.1, -0.05) is 31.2 Å². The highest BCUT2D eigenvalue weighted by Crippen LogP contribution is 2.55. The standard InChI is InChI=1S/C15H22O/c1-10(2)13-6-5-11(3)15(9-13)8-7-14(16)12(15)4/h12-13H,1,3,5-9H2,2,4H3/t12-,13-,15-/m0/s1. The zero-order chi connectivity index (χ0) is 11.9. The molecule has 0 N–H and O–H groups in total. The maximum atomic E-state index is 11.8. The summed E-state index contributed by atoms with van der Waals surface area (Å²) in [5, 5.41) is 0. The molecular formula is C15H22O. The average Bonchev–Trinajstić information content (AvgIpc) is 2.52. The van der Waals surface area contributed by atoms with Gasteiger partial charge in [-0.15, -0.1) is 0 Å². The molecule has 0 amide bonds. The third-order valence-electron chi connectivity index (χ3n) is 4.94. The normalized spacial score (nSPS) is 39.4. The molecule has 1 heteroatoms. The van der Waals surface area contributed by atoms with E-state index in [1.54, 1.807) is 0 Å². The highest BCUT2D eigenvalue weighted by molar-refractivity contribution is 5.84. The molecule has 1 spiro atoms. The van der Waals surface area contributed by atoms with Gasteiger partial charge in [0.1, 0.15) is 5.78 Å². The van der Waals surface area contributed by atoms with Crippen molar-refractivity contribution in [1.82, 2.24) is 0 Å². The minimum absolute atomic E-state index is 0.110. The van der Waals surface area contributed by atoms with Gasteiger partial charge in [-0.05, 0) is 38.5 Å². The fraction of sp³-hybridized carbons (Fsp3) is 0.667. The molecule has 0 bridgehead atoms. The van der Waals surface area contributed by atoms with Gasteiger partial charge in [-0.2, -0.15) is 0 Å². The maximum absolute atomic E-state index is 11.8. The Balaban J connectivity index is 2.27. The summed E-state index contributed by atoms with van der Waals surface area (Å²) in [7, 11) is 0. The molecule has 0 aliphatic heterocycles. The molecule has 1 nitrogen and oxygen atoms in total. The molecule has 2 aliphatic rings. The highest BCUT2D eigenvalue weighted by atomic mass is 16.1. The van der Waals surface area contributed by atoms with Gasteiger partial charge in [0.25, 0.3) is 0 Å². The summed E-state index contributed by atoms with van der Waals surface area (Å²) in [5.41, 5.74) is 2.71. The summed E-state index contributed by atoms with van der Waals surface area (Å²) in [4.78, 5) is 11.8. The summed E-state index contributed by atoms with van der Waals surface area (Å²) >= 11 is 0. The van der Waals surface area contributed by atoms with Crippen molar-refractivity contribution in [2.45, 2.75) is 46.0 Å². The number of rotatable bonds is 1. The minimum Gasteiger partial charge on any atom is -0.299 e. The van der Waals surface area contributed by atoms with Gasteiger partial charge in [-0.25, -0.2) is 0 Å². The fourth-order valence-electron chi connectivity index (χ4n) is 3.55. The van der Waals surface area contributed by atoms with E-state index in [-0.39, 0.29) is 11.3 Å². The Morgan fingerprint density at radius 2 is 2.12 bits per heavy atom. The molecule has 0 aromatic carbocycles. The first kappa shape index (κ1) is 11.6. The van der Waals surface area contributed by atoms with E-state index in [9.17, 15) is 4.79 Å². The van der Waals surface area contributed by atoms with Crippen LogP contribution in [0.1, 0.15) is 46.0 Å². The Bertz CT molecular complexity index is 352. The minimum atomic E-state index is 0.110. The lowest BCUT2D eigenvalue weighted by atomic mass is 9.61. The van der Waals surface area contributed by atoms with Gasteiger partial charge in [0.15, 0.2) is 0 Å². The molecule has 0 aromatic rings. The average molecular weight is 218 g/mol. The fourth-order valence-corrected chi connectivity index (χ4v) is 3.55. The van der Waals surface area contributed by atoms with Crippen LogP contribution in [0.15, 0.2) is 24.3 Å². The Hall–Kier alpha value is -0.850. The van der Waals surface area contributed by atoms with Crippen LogP contribution in [0, 0.1) is 17.3 Å². The van der Waals surface area contributed by atoms with Crippen LogP contribution < -0.4 is 0 Å². The smallest absolute Gasteiger partial charge is 0.136 e. The number of carbonyl (C=O) groups is 1. The Morgan fingerprint density at radius 3 is 2.62 bits per heavy atom. The molecule has 2 rings (SSSR count). The number of carbonyl (C=O) groups excluding carboxylic acids is 1. The highest BCUT2D eigenvalue weighted by Gasteiger charge is 2.49. The third-order valence-corrected chi connectivity index (χ3v) is 4.94. The van der Waals surface area contributed by atoms with Crippen LogP contribution in [0.2, 0.25) is 0 Å². The molecule has 0 saturated heterocycles. The number of hydrogen-bond acceptors (Lipinski definition) is 1. The van der Waals surface area contributed by atoms with Crippen molar-refractivity contribution in [2.24, 2.45) is 17.3 Å². The summed E-state index contributed by atoms with van der Waals surface area (Å²) in [6.45, 7) is 12.6. The first-order valence-electron chi connectivity index (χ1n) is 6.34. The van der Waals surface area contributed by atoms with Crippen LogP contribution in [0.3, 0.4) is 0 Å². The van der Waals surface area contributed by atoms with Crippen LogP contribution in [-0.2, 0) is 4.79 Å². The first-order valence-corrected chi connectivity index (χ1v) is 6.34. The lowest BCUT2D eigenvalue weighted by Gasteiger charge is -2.43. The Morgan fingerprint density at radius 1 is 1.44 bits per heavy atom. The van der Waals surface area contributed by atoms with Gasteiger partial charge in [-0.3, -0.25) is 4.79 Å². The Kier molecular flexibility index (Phi) is 2.81. The maximum Gasteiger partial charge on any atom is 0.136 e. The van der Waals surface area contributed by atoms with E-state index in [2.05, 4.69) is 27.0 Å². The van der Waals surface area contributed by atoms with E-state index < -0.39 is 0 Å². The van der Waals surface area contributed by atoms with Gasteiger partial charge >= 0.3 is 0 Å². The quantitative estimate of drug-likeness (QED) is 0.610. The first-order chi connectivity index (χ1) is 7.47. The van der Waals surface area contributed by atoms with Crippen molar-refractivity contribution in [3.8, 4) is 0 Å². The van der Waals surface area contributed by atoms with E-state index in [1.165, 1.54) is 17.6 Å². The molecule has 3 atom stereocenters. The molecule has 16 heavy (non-hydrogen) atoms. The number of hydrogen-bond donors (Lipinski definition) is 0. The lowest BCUT2D eigenvalue weighted by molar-refractivity contribution is -0.121. The zero-order valence-electron chi connectivity index (χ0n) is 10.5. The summed E-state index contributed by atoms with van der Waals surface area (Å²) in [5.74, 6) is 1.21. The topological polar surface area (TPSA) is 17.1 Å². The van der Waals surface area contributed by atoms with Crippen molar-refractivity contribution in [2.75, 3.05) is 0 Å². The summed E-state index contributed by atoms with van der Waals surface area (Å²) in [6, 6.07) is 0. The molecule has 0 unspecified atom stereocenters. The van der Waals surface area contributed by atoms with Gasteiger partial charge in [0.05, 0.1) is 0 Å². The molecule has 2 aliphatic carbocycles. The van der Waals surface area contributed by atoms with Crippen molar-refractivity contribution < 1.29 is 4.79 Å². The summed E-state index contributed by atoms with van der Waals surface area (Å²) in [6.07, 6.45) is 5.14. The van der Waals surface area contributed by atoms with Crippen LogP contribution in [0.5, 0.6) is 0 Å². The van der Waals surface area contributed by atoms with E-state index >= 15 is 0 Å². The monoisotopic (exact) mass is 218 g/mol. The van der Waals surface area contributed by atoms with Crippen LogP contribution in [0.4, 0.5) is 0 Å². The molecule has 0 heterocycles. The number of allylic oxidation sites excluding steroid dienone is 2. The second-order valence-corrected chi connectivity index (χ2v) is 5.73. The number of Topliss-reactive ketones (excluding diaryl/α,β-unsaturated/α-hetero) is 1. The third kappa shape index (κ3) is 1.57. The predicted octanol–water partition coefficient (Wildman–Crippen LogP) is 3.90. The molecule has 2 fully saturated rings. The van der Waals surface area contributed by atoms with Crippen LogP contribution in [0.25, 0.3) is 0 Å². The van der Waals surface area contributed by atoms with E-state index in [0.29, 0.717) is 11.7 Å². The largest absolute Gasteiger partial charge is 0.299 e. The van der Waals surface area contributed by atoms with Crippen LogP contribution in [-0.4, -0.2) is 5.78 Å². The van der Waals surface area contributed by atoms with E-state index in [4.69, 9.17) is 0 Å². The van der Waals surface area contributed by atoms with Gasteiger partial charge < -0.3 is 0 Å². The zero-order valence-corrected chi connectivity index (χ0v) is 10.5. The van der Waals surface area contributed by atoms with Gasteiger partial charge in [0, 0.05) is 17.8 Å².